The Morgan fingerprint density at radius 2 is 0.683 bits per heavy atom. The Kier molecular flexibility index (Phi) is 176. The molecule has 0 fully saturated rings. The summed E-state index contributed by atoms with van der Waals surface area (Å²) in [5.41, 5.74) is 10.5. The number of halogens is 6. The Hall–Kier alpha value is 6.69. The van der Waals surface area contributed by atoms with Crippen LogP contribution in [0.25, 0.3) is 0 Å². The molecule has 0 aromatic carbocycles. The maximum atomic E-state index is 11.9. The van der Waals surface area contributed by atoms with E-state index in [1.165, 1.54) is 77.2 Å². The van der Waals surface area contributed by atoms with Gasteiger partial charge in [-0.1, -0.05) is 192 Å². The van der Waals surface area contributed by atoms with Crippen LogP contribution in [0.2, 0.25) is 0 Å². The molecule has 29 nitrogen and oxygen atoms in total. The average Bonchev–Trinajstić information content (AvgIpc) is 0.692. The van der Waals surface area contributed by atoms with Gasteiger partial charge in [-0.2, -0.15) is 0 Å². The molecule has 0 saturated carbocycles. The largest absolute Gasteiger partial charge is 0.467 e. The number of carbonyl (C=O) groups is 11. The summed E-state index contributed by atoms with van der Waals surface area (Å²) in [5, 5.41) is 24.0. The van der Waals surface area contributed by atoms with E-state index >= 15 is 0 Å². The number of ether oxygens (including phenoxy) is 5. The van der Waals surface area contributed by atoms with Crippen molar-refractivity contribution >= 4 is 409 Å². The predicted molar refractivity (Wildman–Crippen MR) is 639 cm³/mol. The van der Waals surface area contributed by atoms with Crippen molar-refractivity contribution in [2.45, 2.75) is 86.5 Å². The van der Waals surface area contributed by atoms with E-state index in [9.17, 15) is 52.7 Å². The molecule has 0 aromatic heterocycles. The zero-order valence-electron chi connectivity index (χ0n) is 74.2. The van der Waals surface area contributed by atoms with Crippen molar-refractivity contribution in [2.75, 3.05) is 254 Å². The summed E-state index contributed by atoms with van der Waals surface area (Å²) in [6.45, 7) is 33.3. The number of rotatable bonds is 62. The molecule has 0 rings (SSSR count). The summed E-state index contributed by atoms with van der Waals surface area (Å²) < 4.78 is 23.5. The smallest absolute Gasteiger partial charge is 0.329 e. The van der Waals surface area contributed by atoms with Gasteiger partial charge in [0.25, 0.3) is 0 Å². The molecule has 0 aliphatic rings. The maximum absolute atomic E-state index is 11.9. The fourth-order valence-electron chi connectivity index (χ4n) is 6.68. The lowest BCUT2D eigenvalue weighted by molar-refractivity contribution is -0.147. The summed E-state index contributed by atoms with van der Waals surface area (Å²) >= 11 is 42.6. The Balaban J connectivity index is -0.000000116. The third-order valence-electron chi connectivity index (χ3n) is 12.3. The second-order valence-electron chi connectivity index (χ2n) is 21.8. The molecule has 12 N–H and O–H groups in total. The van der Waals surface area contributed by atoms with Crippen LogP contribution in [0, 0.1) is 0 Å². The number of hydrogen-bond acceptors (Lipinski definition) is 37. The van der Waals surface area contributed by atoms with Crippen LogP contribution >= 0.6 is 345 Å². The van der Waals surface area contributed by atoms with Gasteiger partial charge in [-0.3, -0.25) is 48.2 Å². The highest BCUT2D eigenvalue weighted by molar-refractivity contribution is 9.19. The highest BCUT2D eigenvalue weighted by Crippen LogP contribution is 2.17. The van der Waals surface area contributed by atoms with E-state index in [4.69, 9.17) is 44.1 Å². The third kappa shape index (κ3) is 144. The molecule has 0 aliphatic heterocycles. The van der Waals surface area contributed by atoms with Crippen LogP contribution in [0.5, 0.6) is 0 Å². The van der Waals surface area contributed by atoms with Gasteiger partial charge >= 0.3 is 29.8 Å². The standard InChI is InChI=1S/C10H22N2O3P2S2.C9H20N2O3P2S2.C8H20N2OP2S2.C8H22N2P2S2.C7H13BrNO3PS.C6H16N2OP2S2.C5H12NO2PS.C4H7BrO2.C2H2Br2O.2C2H5Cl.C2H8NPS/c1-3-12(4-5-18-16)6-9(13)11-8(7-19-17)10(14)15-2;1-2-14-9(13)7(6-18-16)11-8(12)5-10-3-4-17-15;1-2-10(4-6-15-13)7-8(11)9-3-5-14-12;1-2-10(6-8-14-12)5-3-9-4-7-13-11;1-2-12-7(11)5(4-14-13)9-6(10)3-8;9-6(8-2-4-13-11)5-7-1-3-12-10;1-2-8-5(7)4(6)3-10-9;1-2-7-4(6)3-5;3-1-2(4)5;2*1-2-3;3-1-2-5-4/h8H,3-7,16-17H2,1-2H3,(H,11,13);7,10H,2-6,15-16H2,1H3,(H,11,12);2-7,12-13H2,1H3,(H,9,11);9H,2-8,11-12H2,1H3;5H,2-4,13H2,1H3,(H,9,10);7H,1-5,10-11H2,(H,8,9);4H,2-3,6,9H2,1H3;2-3H2,1H3;1H2;2*2H2,1H3;1-4H2. The van der Waals surface area contributed by atoms with Gasteiger partial charge in [-0.15, -0.1) is 171 Å². The molecule has 61 heteroatoms. The van der Waals surface area contributed by atoms with Crippen LogP contribution < -0.4 is 54.0 Å². The van der Waals surface area contributed by atoms with Crippen LogP contribution in [0.15, 0.2) is 0 Å². The topological polar surface area (TPSA) is 392 Å². The van der Waals surface area contributed by atoms with E-state index < -0.39 is 36.1 Å². The summed E-state index contributed by atoms with van der Waals surface area (Å²) in [5.74, 6) is 10.7. The molecule has 5 amide bonds. The number of hydrogen-bond donors (Lipinski definition) is 10. The van der Waals surface area contributed by atoms with E-state index in [0.29, 0.717) is 79.7 Å². The molecule has 758 valence electrons. The first-order valence-electron chi connectivity index (χ1n) is 38.3. The van der Waals surface area contributed by atoms with Crippen molar-refractivity contribution in [3.8, 4) is 0 Å². The number of nitrogens with two attached hydrogens (primary N) is 2. The SMILES string of the molecule is CCCl.CCCl.CCN(CCNCCSP)CCSP.CCN(CCSP)CC(=O)NC(CSP)C(=O)OC.CCN(CCSP)CC(=O)NCCSP.CCOC(=O)C(CSP)NC(=O)CBr.CCOC(=O)C(CSP)NC(=O)CNCCSP.CCOC(=O)C(N)CSP.CCOC(=O)CBr.NCCSP.O=C(Br)CBr.O=C(CNCCSP)NCCSP. The van der Waals surface area contributed by atoms with E-state index in [2.05, 4.69) is 254 Å². The molecular weight excluding hydrogens is 2430 g/mol. The molecule has 17 atom stereocenters. The lowest BCUT2D eigenvalue weighted by Crippen LogP contribution is -2.47. The third-order valence-corrected chi connectivity index (χ3v) is 29.5. The summed E-state index contributed by atoms with van der Waals surface area (Å²) in [4.78, 5) is 129. The molecule has 0 spiro atoms. The number of nitrogens with zero attached hydrogens (tertiary/aromatic N) is 3. The van der Waals surface area contributed by atoms with Crippen LogP contribution in [-0.4, -0.2) is 357 Å². The van der Waals surface area contributed by atoms with E-state index in [0.717, 1.165) is 131 Å². The molecule has 0 aliphatic carbocycles. The fourth-order valence-corrected chi connectivity index (χ4v) is 16.5. The molecular formula is C65H152Br4Cl2N13O16P13S13. The Morgan fingerprint density at radius 1 is 0.365 bits per heavy atom. The van der Waals surface area contributed by atoms with Crippen LogP contribution in [-0.2, 0) is 76.4 Å². The van der Waals surface area contributed by atoms with Crippen LogP contribution in [0.1, 0.15) is 62.3 Å². The Bertz CT molecular complexity index is 2440. The molecule has 126 heavy (non-hydrogen) atoms. The van der Waals surface area contributed by atoms with Crippen molar-refractivity contribution in [3.63, 3.8) is 0 Å². The zero-order valence-corrected chi connectivity index (χ0v) is 108. The first-order valence-corrected chi connectivity index (χ1v) is 75.6. The van der Waals surface area contributed by atoms with Gasteiger partial charge in [0.05, 0.1) is 70.4 Å². The van der Waals surface area contributed by atoms with E-state index in [-0.39, 0.29) is 64.0 Å². The minimum Gasteiger partial charge on any atom is -0.467 e. The number of nitrogens with one attached hydrogen (secondary N) is 8. The summed E-state index contributed by atoms with van der Waals surface area (Å²) in [7, 11) is 34.5. The number of methoxy groups -OCH3 is 1. The number of alkyl halides is 5. The van der Waals surface area contributed by atoms with Crippen LogP contribution in [0.3, 0.4) is 0 Å². The second kappa shape index (κ2) is 140. The second-order valence-corrected chi connectivity index (χ2v) is 47.8. The van der Waals surface area contributed by atoms with Gasteiger partial charge in [0, 0.05) is 159 Å². The first-order chi connectivity index (χ1) is 60.3. The predicted octanol–water partition coefficient (Wildman–Crippen LogP) is 12.4. The maximum Gasteiger partial charge on any atom is 0.329 e. The van der Waals surface area contributed by atoms with Gasteiger partial charge in [0.15, 0.2) is 0 Å². The lowest BCUT2D eigenvalue weighted by Gasteiger charge is -2.21. The fraction of sp³-hybridized carbons (Fsp3) is 0.831. The Labute approximate surface area is 884 Å². The summed E-state index contributed by atoms with van der Waals surface area (Å²) in [6, 6.07) is -2.22. The number of likely N-dealkylation sites (N-methyl/N-ethyl adjacent to an activating group) is 3. The quantitative estimate of drug-likeness (QED) is 0.00675. The van der Waals surface area contributed by atoms with Gasteiger partial charge in [0.2, 0.25) is 34.2 Å². The van der Waals surface area contributed by atoms with Crippen molar-refractivity contribution < 1.29 is 76.4 Å². The van der Waals surface area contributed by atoms with Crippen molar-refractivity contribution in [1.29, 1.82) is 0 Å². The highest BCUT2D eigenvalue weighted by atomic mass is 79.9. The minimum atomic E-state index is -0.588. The van der Waals surface area contributed by atoms with Crippen molar-refractivity contribution in [1.82, 2.24) is 57.2 Å². The molecule has 0 bridgehead atoms. The molecule has 0 saturated heterocycles. The van der Waals surface area contributed by atoms with Crippen LogP contribution in [0.4, 0.5) is 0 Å². The van der Waals surface area contributed by atoms with Crippen molar-refractivity contribution in [2.24, 2.45) is 11.5 Å². The average molecular weight is 2580 g/mol. The molecule has 0 heterocycles. The molecule has 17 unspecified atom stereocenters. The first kappa shape index (κ1) is 158. The van der Waals surface area contributed by atoms with Gasteiger partial charge in [-0.05, 0) is 63.3 Å². The monoisotopic (exact) mass is 2580 g/mol. The van der Waals surface area contributed by atoms with E-state index in [1.807, 2.05) is 48.4 Å². The molecule has 0 radical (unpaired) electrons. The normalized spacial score (nSPS) is 10.8. The number of carbonyl (C=O) groups excluding carboxylic acids is 11. The zero-order chi connectivity index (χ0) is 99.1. The lowest BCUT2D eigenvalue weighted by atomic mass is 10.3. The Morgan fingerprint density at radius 3 is 0.992 bits per heavy atom. The highest BCUT2D eigenvalue weighted by Gasteiger charge is 2.24. The van der Waals surface area contributed by atoms with E-state index in [1.54, 1.807) is 107 Å². The minimum absolute atomic E-state index is 0.0162. The number of esters is 5. The van der Waals surface area contributed by atoms with Gasteiger partial charge < -0.3 is 82.6 Å². The van der Waals surface area contributed by atoms with Crippen molar-refractivity contribution in [3.05, 3.63) is 0 Å². The number of amides is 5. The van der Waals surface area contributed by atoms with Gasteiger partial charge in [0.1, 0.15) is 29.5 Å². The van der Waals surface area contributed by atoms with Gasteiger partial charge in [-0.25, -0.2) is 14.4 Å². The molecule has 0 aromatic rings. The summed E-state index contributed by atoms with van der Waals surface area (Å²) in [6.07, 6.45) is 0.